The normalized spacial score (nSPS) is 19.2. The van der Waals surface area contributed by atoms with Gasteiger partial charge in [-0.2, -0.15) is 5.10 Å². The second kappa shape index (κ2) is 9.99. The maximum Gasteiger partial charge on any atom is 0.260 e. The Morgan fingerprint density at radius 3 is 2.56 bits per heavy atom. The number of benzene rings is 1. The molecule has 174 valence electrons. The quantitative estimate of drug-likeness (QED) is 0.252. The van der Waals surface area contributed by atoms with E-state index in [1.807, 2.05) is 6.07 Å². The second-order valence-electron chi connectivity index (χ2n) is 10.5. The van der Waals surface area contributed by atoms with E-state index in [0.29, 0.717) is 36.9 Å². The van der Waals surface area contributed by atoms with E-state index in [1.165, 1.54) is 12.8 Å². The van der Waals surface area contributed by atoms with Gasteiger partial charge in [-0.1, -0.05) is 41.5 Å². The van der Waals surface area contributed by atoms with Crippen LogP contribution in [-0.4, -0.2) is 37.0 Å². The third-order valence-corrected chi connectivity index (χ3v) is 5.82. The first-order valence-electron chi connectivity index (χ1n) is 11.6. The van der Waals surface area contributed by atoms with Gasteiger partial charge < -0.3 is 9.47 Å². The fourth-order valence-electron chi connectivity index (χ4n) is 4.01. The number of aromatic nitrogens is 1. The first-order chi connectivity index (χ1) is 15.1. The van der Waals surface area contributed by atoms with Crippen molar-refractivity contribution in [2.75, 3.05) is 13.3 Å². The summed E-state index contributed by atoms with van der Waals surface area (Å²) >= 11 is 0. The number of ether oxygens (including phenoxy) is 2. The summed E-state index contributed by atoms with van der Waals surface area (Å²) in [4.78, 5) is 4.97. The summed E-state index contributed by atoms with van der Waals surface area (Å²) in [5.41, 5.74) is 3.71. The van der Waals surface area contributed by atoms with Gasteiger partial charge in [0.05, 0.1) is 12.1 Å². The highest BCUT2D eigenvalue weighted by molar-refractivity contribution is 5.97. The minimum Gasteiger partial charge on any atom is -0.493 e. The Bertz CT molecular complexity index is 985. The van der Waals surface area contributed by atoms with E-state index in [9.17, 15) is 0 Å². The number of rotatable bonds is 8. The van der Waals surface area contributed by atoms with E-state index in [4.69, 9.17) is 14.5 Å². The molecule has 0 spiro atoms. The molecule has 0 bridgehead atoms. The Morgan fingerprint density at radius 1 is 1.25 bits per heavy atom. The number of nitrogens with zero attached hydrogens (tertiary/aromatic N) is 3. The van der Waals surface area contributed by atoms with Gasteiger partial charge in [0.2, 0.25) is 0 Å². The summed E-state index contributed by atoms with van der Waals surface area (Å²) in [5, 5.41) is 12.3. The van der Waals surface area contributed by atoms with Crippen molar-refractivity contribution in [3.05, 3.63) is 35.0 Å². The Kier molecular flexibility index (Phi) is 7.55. The summed E-state index contributed by atoms with van der Waals surface area (Å²) in [6.07, 6.45) is 2.36. The molecule has 1 aromatic carbocycles. The average molecular weight is 439 g/mol. The molecule has 1 heterocycles. The third kappa shape index (κ3) is 5.85. The highest BCUT2D eigenvalue weighted by Crippen LogP contribution is 2.35. The minimum atomic E-state index is -0.106. The van der Waals surface area contributed by atoms with Crippen LogP contribution in [0.1, 0.15) is 71.2 Å². The van der Waals surface area contributed by atoms with Crippen molar-refractivity contribution in [2.24, 2.45) is 22.0 Å². The van der Waals surface area contributed by atoms with Crippen LogP contribution in [-0.2, 0) is 10.2 Å². The molecule has 0 saturated heterocycles. The summed E-state index contributed by atoms with van der Waals surface area (Å²) in [6.45, 7) is 19.8. The van der Waals surface area contributed by atoms with E-state index < -0.39 is 0 Å². The zero-order valence-corrected chi connectivity index (χ0v) is 20.7. The fraction of sp³-hybridized carbons (Fsp3) is 0.577. The Balaban J connectivity index is 1.95. The number of fused-ring (bicyclic) bond motifs is 1. The largest absolute Gasteiger partial charge is 0.493 e. The molecule has 1 fully saturated rings. The zero-order chi connectivity index (χ0) is 23.5. The molecule has 6 heteroatoms. The van der Waals surface area contributed by atoms with Gasteiger partial charge in [-0.05, 0) is 66.3 Å². The molecule has 1 aliphatic rings. The second-order valence-corrected chi connectivity index (χ2v) is 10.5. The SMILES string of the molecule is C=N/N=C(\OCNC1CC(C)C1)c1cc(C)c2cc(OCC(C)C)cc(C(C)(C)C)c2n1. The summed E-state index contributed by atoms with van der Waals surface area (Å²) in [6, 6.07) is 6.70. The summed E-state index contributed by atoms with van der Waals surface area (Å²) < 4.78 is 12.0. The van der Waals surface area contributed by atoms with Crippen LogP contribution in [0.5, 0.6) is 5.75 Å². The molecular weight excluding hydrogens is 400 g/mol. The standard InChI is InChI=1S/C26H38N4O2/c1-16(2)14-31-20-12-21-18(4)11-23(29-24(21)22(13-20)26(5,6)7)25(30-27-8)32-15-28-19-9-17(3)10-19/h11-13,16-17,19,28H,8-10,14-15H2,1-7H3/b30-25-. The van der Waals surface area contributed by atoms with Crippen LogP contribution in [0.25, 0.3) is 10.9 Å². The van der Waals surface area contributed by atoms with Crippen LogP contribution in [0.15, 0.2) is 28.4 Å². The van der Waals surface area contributed by atoms with Gasteiger partial charge >= 0.3 is 0 Å². The number of hydrogen-bond donors (Lipinski definition) is 1. The lowest BCUT2D eigenvalue weighted by molar-refractivity contribution is 0.178. The molecule has 1 aromatic heterocycles. The lowest BCUT2D eigenvalue weighted by atomic mass is 9.82. The molecular formula is C26H38N4O2. The molecule has 0 amide bonds. The topological polar surface area (TPSA) is 68.1 Å². The van der Waals surface area contributed by atoms with Crippen LogP contribution >= 0.6 is 0 Å². The van der Waals surface area contributed by atoms with E-state index >= 15 is 0 Å². The van der Waals surface area contributed by atoms with Crippen LogP contribution in [0.2, 0.25) is 0 Å². The highest BCUT2D eigenvalue weighted by atomic mass is 16.5. The predicted octanol–water partition coefficient (Wildman–Crippen LogP) is 5.60. The highest BCUT2D eigenvalue weighted by Gasteiger charge is 2.25. The zero-order valence-electron chi connectivity index (χ0n) is 20.7. The maximum atomic E-state index is 6.07. The number of nitrogens with one attached hydrogen (secondary N) is 1. The van der Waals surface area contributed by atoms with Gasteiger partial charge in [-0.15, -0.1) is 5.10 Å². The van der Waals surface area contributed by atoms with E-state index in [1.54, 1.807) is 0 Å². The molecule has 3 rings (SSSR count). The minimum absolute atomic E-state index is 0.106. The Morgan fingerprint density at radius 2 is 1.97 bits per heavy atom. The third-order valence-electron chi connectivity index (χ3n) is 5.82. The van der Waals surface area contributed by atoms with Gasteiger partial charge in [0.1, 0.15) is 18.2 Å². The molecule has 1 N–H and O–H groups in total. The maximum absolute atomic E-state index is 6.07. The first-order valence-corrected chi connectivity index (χ1v) is 11.6. The number of pyridine rings is 1. The van der Waals surface area contributed by atoms with Gasteiger partial charge in [-0.25, -0.2) is 4.98 Å². The van der Waals surface area contributed by atoms with Crippen molar-refractivity contribution in [1.82, 2.24) is 10.3 Å². The first kappa shape index (κ1) is 24.2. The molecule has 0 unspecified atom stereocenters. The molecule has 2 aromatic rings. The Labute approximate surface area is 192 Å². The van der Waals surface area contributed by atoms with E-state index in [-0.39, 0.29) is 5.41 Å². The van der Waals surface area contributed by atoms with E-state index in [0.717, 1.165) is 33.7 Å². The van der Waals surface area contributed by atoms with Crippen LogP contribution in [0.3, 0.4) is 0 Å². The monoisotopic (exact) mass is 438 g/mol. The van der Waals surface area contributed by atoms with Gasteiger partial charge in [0.15, 0.2) is 0 Å². The number of hydrogen-bond acceptors (Lipinski definition) is 6. The summed E-state index contributed by atoms with van der Waals surface area (Å²) in [7, 11) is 0. The van der Waals surface area contributed by atoms with Gasteiger partial charge in [0, 0.05) is 18.1 Å². The molecule has 0 radical (unpaired) electrons. The van der Waals surface area contributed by atoms with Crippen LogP contribution in [0.4, 0.5) is 0 Å². The molecule has 1 aliphatic carbocycles. The van der Waals surface area contributed by atoms with Crippen LogP contribution in [0, 0.1) is 18.8 Å². The predicted molar refractivity (Wildman–Crippen MR) is 133 cm³/mol. The van der Waals surface area contributed by atoms with Crippen molar-refractivity contribution in [3.8, 4) is 5.75 Å². The molecule has 6 nitrogen and oxygen atoms in total. The van der Waals surface area contributed by atoms with Crippen molar-refractivity contribution in [3.63, 3.8) is 0 Å². The van der Waals surface area contributed by atoms with Crippen molar-refractivity contribution >= 4 is 23.5 Å². The van der Waals surface area contributed by atoms with E-state index in [2.05, 4.69) is 82.8 Å². The molecule has 0 aliphatic heterocycles. The number of aryl methyl sites for hydroxylation is 1. The molecule has 1 saturated carbocycles. The Hall–Kier alpha value is -2.47. The average Bonchev–Trinajstić information content (AvgIpc) is 2.69. The lowest BCUT2D eigenvalue weighted by Crippen LogP contribution is -2.41. The van der Waals surface area contributed by atoms with Crippen molar-refractivity contribution in [1.29, 1.82) is 0 Å². The van der Waals surface area contributed by atoms with Gasteiger partial charge in [-0.3, -0.25) is 5.32 Å². The van der Waals surface area contributed by atoms with Crippen LogP contribution < -0.4 is 10.1 Å². The fourth-order valence-corrected chi connectivity index (χ4v) is 4.01. The molecule has 0 atom stereocenters. The molecule has 32 heavy (non-hydrogen) atoms. The van der Waals surface area contributed by atoms with Crippen molar-refractivity contribution in [2.45, 2.75) is 72.8 Å². The van der Waals surface area contributed by atoms with Crippen molar-refractivity contribution < 1.29 is 9.47 Å². The van der Waals surface area contributed by atoms with Gasteiger partial charge in [0.25, 0.3) is 5.90 Å². The summed E-state index contributed by atoms with van der Waals surface area (Å²) in [5.74, 6) is 2.51. The smallest absolute Gasteiger partial charge is 0.260 e. The lowest BCUT2D eigenvalue weighted by Gasteiger charge is -2.33.